The molecule has 4 nitrogen and oxygen atoms in total. The number of rotatable bonds is 6. The number of hydrogen-bond donors (Lipinski definition) is 1. The van der Waals surface area contributed by atoms with Gasteiger partial charge in [-0.3, -0.25) is 4.79 Å². The van der Waals surface area contributed by atoms with Crippen molar-refractivity contribution in [1.29, 1.82) is 0 Å². The third-order valence-corrected chi connectivity index (χ3v) is 3.60. The molecule has 0 saturated heterocycles. The van der Waals surface area contributed by atoms with Gasteiger partial charge in [0.15, 0.2) is 0 Å². The van der Waals surface area contributed by atoms with Crippen LogP contribution >= 0.6 is 0 Å². The molecule has 114 valence electrons. The van der Waals surface area contributed by atoms with Crippen LogP contribution in [0.25, 0.3) is 0 Å². The minimum Gasteiger partial charge on any atom is -0.547 e. The molecule has 1 amide bonds. The van der Waals surface area contributed by atoms with Crippen molar-refractivity contribution in [1.82, 2.24) is 5.32 Å². The molecule has 1 N–H and O–H groups in total. The molecule has 0 aliphatic carbocycles. The lowest BCUT2D eigenvalue weighted by atomic mass is 9.85. The van der Waals surface area contributed by atoms with Gasteiger partial charge >= 0.3 is 0 Å². The highest BCUT2D eigenvalue weighted by atomic mass is 16.4. The van der Waals surface area contributed by atoms with Crippen molar-refractivity contribution in [2.75, 3.05) is 0 Å². The molecule has 0 bridgehead atoms. The summed E-state index contributed by atoms with van der Waals surface area (Å²) >= 11 is 0. The normalized spacial score (nSPS) is 13.1. The molecule has 2 rings (SSSR count). The molecule has 0 heterocycles. The van der Waals surface area contributed by atoms with E-state index in [1.807, 2.05) is 6.92 Å². The van der Waals surface area contributed by atoms with E-state index in [2.05, 4.69) is 5.32 Å². The zero-order valence-corrected chi connectivity index (χ0v) is 12.4. The lowest BCUT2D eigenvalue weighted by Gasteiger charge is -2.36. The predicted octanol–water partition coefficient (Wildman–Crippen LogP) is 1.86. The van der Waals surface area contributed by atoms with E-state index in [0.29, 0.717) is 17.5 Å². The molecule has 0 aliphatic rings. The molecule has 0 saturated carbocycles. The second-order valence-electron chi connectivity index (χ2n) is 5.13. The minimum atomic E-state index is -1.52. The molecule has 0 spiro atoms. The average molecular weight is 296 g/mol. The number of amides is 1. The largest absolute Gasteiger partial charge is 0.547 e. The molecule has 0 radical (unpaired) electrons. The Morgan fingerprint density at radius 3 is 2.05 bits per heavy atom. The van der Waals surface area contributed by atoms with Gasteiger partial charge in [0.25, 0.3) is 5.91 Å². The van der Waals surface area contributed by atoms with Crippen LogP contribution in [-0.2, 0) is 10.3 Å². The summed E-state index contributed by atoms with van der Waals surface area (Å²) in [5.41, 5.74) is -0.593. The monoisotopic (exact) mass is 296 g/mol. The Morgan fingerprint density at radius 1 is 1.00 bits per heavy atom. The number of carbonyl (C=O) groups is 2. The van der Waals surface area contributed by atoms with Gasteiger partial charge in [-0.05, 0) is 24.1 Å². The molecule has 4 heteroatoms. The summed E-state index contributed by atoms with van der Waals surface area (Å²) in [5, 5.41) is 14.5. The highest BCUT2D eigenvalue weighted by Crippen LogP contribution is 2.27. The van der Waals surface area contributed by atoms with Crippen molar-refractivity contribution in [3.8, 4) is 0 Å². The molecular formula is C18H18NO3-. The number of aliphatic carboxylic acids is 1. The van der Waals surface area contributed by atoms with Crippen LogP contribution in [0.4, 0.5) is 0 Å². The number of nitrogens with one attached hydrogen (secondary N) is 1. The van der Waals surface area contributed by atoms with Crippen LogP contribution in [0, 0.1) is 0 Å². The third-order valence-electron chi connectivity index (χ3n) is 3.60. The van der Waals surface area contributed by atoms with E-state index in [0.717, 1.165) is 0 Å². The summed E-state index contributed by atoms with van der Waals surface area (Å²) in [6, 6.07) is 17.2. The van der Waals surface area contributed by atoms with Gasteiger partial charge in [-0.25, -0.2) is 0 Å². The summed E-state index contributed by atoms with van der Waals surface area (Å²) in [4.78, 5) is 24.3. The van der Waals surface area contributed by atoms with Crippen LogP contribution in [0.3, 0.4) is 0 Å². The van der Waals surface area contributed by atoms with Gasteiger partial charge in [-0.2, -0.15) is 0 Å². The Labute approximate surface area is 129 Å². The first-order valence-corrected chi connectivity index (χ1v) is 7.24. The summed E-state index contributed by atoms with van der Waals surface area (Å²) in [5.74, 6) is -1.73. The van der Waals surface area contributed by atoms with Crippen LogP contribution in [0.15, 0.2) is 60.7 Å². The Bertz CT molecular complexity index is 640. The quantitative estimate of drug-likeness (QED) is 0.884. The molecule has 1 atom stereocenters. The van der Waals surface area contributed by atoms with Crippen LogP contribution in [0.1, 0.15) is 35.7 Å². The molecule has 0 aliphatic heterocycles. The van der Waals surface area contributed by atoms with Gasteiger partial charge in [0, 0.05) is 5.56 Å². The van der Waals surface area contributed by atoms with E-state index in [4.69, 9.17) is 0 Å². The highest BCUT2D eigenvalue weighted by Gasteiger charge is 2.35. The van der Waals surface area contributed by atoms with Crippen LogP contribution < -0.4 is 10.4 Å². The Morgan fingerprint density at radius 2 is 1.55 bits per heavy atom. The maximum atomic E-state index is 12.4. The van der Waals surface area contributed by atoms with Crippen LogP contribution in [0.2, 0.25) is 0 Å². The van der Waals surface area contributed by atoms with Crippen molar-refractivity contribution in [2.24, 2.45) is 0 Å². The fraction of sp³-hybridized carbons (Fsp3) is 0.222. The van der Waals surface area contributed by atoms with Crippen molar-refractivity contribution >= 4 is 11.9 Å². The first kappa shape index (κ1) is 15.8. The summed E-state index contributed by atoms with van der Waals surface area (Å²) in [6.45, 7) is 1.87. The molecule has 0 fully saturated rings. The van der Waals surface area contributed by atoms with E-state index >= 15 is 0 Å². The Hall–Kier alpha value is -2.62. The Kier molecular flexibility index (Phi) is 4.94. The standard InChI is InChI=1S/C18H19NO3/c1-2-13-18(17(21)22,15-11-7-4-8-12-15)19-16(20)14-9-5-3-6-10-14/h3-12H,2,13H2,1H3,(H,19,20)(H,21,22)/p-1. The molecule has 0 aromatic heterocycles. The molecule has 2 aromatic rings. The summed E-state index contributed by atoms with van der Waals surface area (Å²) < 4.78 is 0. The van der Waals surface area contributed by atoms with Crippen LogP contribution in [-0.4, -0.2) is 11.9 Å². The summed E-state index contributed by atoms with van der Waals surface area (Å²) in [6.07, 6.45) is 0.857. The number of hydrogen-bond acceptors (Lipinski definition) is 3. The second kappa shape index (κ2) is 6.89. The maximum Gasteiger partial charge on any atom is 0.252 e. The van der Waals surface area contributed by atoms with Crippen LogP contribution in [0.5, 0.6) is 0 Å². The SMILES string of the molecule is CCCC(NC(=O)c1ccccc1)(C(=O)[O-])c1ccccc1. The van der Waals surface area contributed by atoms with E-state index in [1.54, 1.807) is 60.7 Å². The smallest absolute Gasteiger partial charge is 0.252 e. The van der Waals surface area contributed by atoms with Gasteiger partial charge in [0.05, 0.1) is 5.97 Å². The molecule has 22 heavy (non-hydrogen) atoms. The molecule has 1 unspecified atom stereocenters. The summed E-state index contributed by atoms with van der Waals surface area (Å²) in [7, 11) is 0. The van der Waals surface area contributed by atoms with Crippen molar-refractivity contribution < 1.29 is 14.7 Å². The average Bonchev–Trinajstić information content (AvgIpc) is 2.55. The lowest BCUT2D eigenvalue weighted by Crippen LogP contribution is -2.57. The molecule has 2 aromatic carbocycles. The van der Waals surface area contributed by atoms with Gasteiger partial charge in [-0.1, -0.05) is 61.9 Å². The van der Waals surface area contributed by atoms with Gasteiger partial charge in [0.2, 0.25) is 0 Å². The molecular weight excluding hydrogens is 278 g/mol. The second-order valence-corrected chi connectivity index (χ2v) is 5.13. The number of carboxylic acids is 1. The van der Waals surface area contributed by atoms with E-state index in [1.165, 1.54) is 0 Å². The minimum absolute atomic E-state index is 0.262. The van der Waals surface area contributed by atoms with Crippen molar-refractivity contribution in [2.45, 2.75) is 25.3 Å². The topological polar surface area (TPSA) is 69.2 Å². The van der Waals surface area contributed by atoms with Crippen molar-refractivity contribution in [3.05, 3.63) is 71.8 Å². The van der Waals surface area contributed by atoms with Gasteiger partial charge < -0.3 is 15.2 Å². The van der Waals surface area contributed by atoms with Gasteiger partial charge in [0.1, 0.15) is 5.54 Å². The first-order chi connectivity index (χ1) is 10.6. The maximum absolute atomic E-state index is 12.4. The van der Waals surface area contributed by atoms with E-state index in [9.17, 15) is 14.7 Å². The van der Waals surface area contributed by atoms with E-state index in [-0.39, 0.29) is 6.42 Å². The van der Waals surface area contributed by atoms with Crippen molar-refractivity contribution in [3.63, 3.8) is 0 Å². The fourth-order valence-corrected chi connectivity index (χ4v) is 2.50. The predicted molar refractivity (Wildman–Crippen MR) is 81.9 cm³/mol. The highest BCUT2D eigenvalue weighted by molar-refractivity contribution is 5.97. The lowest BCUT2D eigenvalue weighted by molar-refractivity contribution is -0.315. The third kappa shape index (κ3) is 3.17. The van der Waals surface area contributed by atoms with E-state index < -0.39 is 17.4 Å². The number of carboxylic acid groups (broad SMARTS) is 1. The number of carbonyl (C=O) groups excluding carboxylic acids is 2. The number of benzene rings is 2. The van der Waals surface area contributed by atoms with Gasteiger partial charge in [-0.15, -0.1) is 0 Å². The zero-order valence-electron chi connectivity index (χ0n) is 12.4. The fourth-order valence-electron chi connectivity index (χ4n) is 2.50. The first-order valence-electron chi connectivity index (χ1n) is 7.24. The Balaban J connectivity index is 2.41. The zero-order chi connectivity index (χ0) is 16.0.